The fourth-order valence-corrected chi connectivity index (χ4v) is 4.88. The lowest BCUT2D eigenvalue weighted by Gasteiger charge is -2.32. The van der Waals surface area contributed by atoms with Gasteiger partial charge in [-0.15, -0.1) is 0 Å². The molecule has 3 aromatic carbocycles. The molecule has 1 heterocycles. The van der Waals surface area contributed by atoms with Gasteiger partial charge in [0.15, 0.2) is 0 Å². The molecule has 0 saturated carbocycles. The molecule has 1 amide bonds. The van der Waals surface area contributed by atoms with Gasteiger partial charge in [-0.1, -0.05) is 84.4 Å². The Morgan fingerprint density at radius 1 is 0.909 bits per heavy atom. The molecule has 1 aliphatic rings. The summed E-state index contributed by atoms with van der Waals surface area (Å²) in [5.41, 5.74) is 3.88. The van der Waals surface area contributed by atoms with Crippen molar-refractivity contribution in [3.63, 3.8) is 0 Å². The van der Waals surface area contributed by atoms with Crippen LogP contribution in [0.2, 0.25) is 5.02 Å². The van der Waals surface area contributed by atoms with Crippen molar-refractivity contribution in [3.8, 4) is 11.1 Å². The van der Waals surface area contributed by atoms with E-state index in [9.17, 15) is 14.7 Å². The Morgan fingerprint density at radius 2 is 1.55 bits per heavy atom. The molecule has 0 aliphatic carbocycles. The van der Waals surface area contributed by atoms with Gasteiger partial charge in [0.1, 0.15) is 0 Å². The van der Waals surface area contributed by atoms with Crippen LogP contribution in [-0.4, -0.2) is 35.0 Å². The number of carboxylic acids is 1. The van der Waals surface area contributed by atoms with Gasteiger partial charge in [-0.25, -0.2) is 0 Å². The molecule has 1 unspecified atom stereocenters. The SMILES string of the molecule is O=C(O)C(CCC(=O)N1CCC(c2ccccc2)CC1)c1ccc(-c2ccccc2Cl)cc1. The number of amides is 1. The summed E-state index contributed by atoms with van der Waals surface area (Å²) in [6, 6.07) is 25.4. The Labute approximate surface area is 199 Å². The molecule has 0 radical (unpaired) electrons. The fourth-order valence-electron chi connectivity index (χ4n) is 4.64. The summed E-state index contributed by atoms with van der Waals surface area (Å²) in [5.74, 6) is -1.09. The Hall–Kier alpha value is -3.11. The van der Waals surface area contributed by atoms with Gasteiger partial charge in [0.2, 0.25) is 5.91 Å². The van der Waals surface area contributed by atoms with E-state index in [0.29, 0.717) is 16.5 Å². The number of piperidine rings is 1. The van der Waals surface area contributed by atoms with Crippen molar-refractivity contribution < 1.29 is 14.7 Å². The Balaban J connectivity index is 1.34. The third kappa shape index (κ3) is 5.63. The number of rotatable bonds is 7. The molecule has 0 aromatic heterocycles. The molecule has 1 fully saturated rings. The second kappa shape index (κ2) is 10.7. The van der Waals surface area contributed by atoms with E-state index >= 15 is 0 Å². The predicted molar refractivity (Wildman–Crippen MR) is 131 cm³/mol. The van der Waals surface area contributed by atoms with E-state index < -0.39 is 11.9 Å². The van der Waals surface area contributed by atoms with Crippen molar-refractivity contribution in [1.82, 2.24) is 4.90 Å². The van der Waals surface area contributed by atoms with Crippen LogP contribution in [0.1, 0.15) is 48.6 Å². The highest BCUT2D eigenvalue weighted by Gasteiger charge is 2.26. The van der Waals surface area contributed by atoms with E-state index in [1.54, 1.807) is 0 Å². The number of hydrogen-bond donors (Lipinski definition) is 1. The maximum absolute atomic E-state index is 12.8. The maximum Gasteiger partial charge on any atom is 0.310 e. The molecule has 170 valence electrons. The first-order chi connectivity index (χ1) is 16.0. The van der Waals surface area contributed by atoms with Crippen LogP contribution in [-0.2, 0) is 9.59 Å². The molecule has 33 heavy (non-hydrogen) atoms. The Morgan fingerprint density at radius 3 is 2.18 bits per heavy atom. The monoisotopic (exact) mass is 461 g/mol. The molecule has 1 saturated heterocycles. The molecular weight excluding hydrogens is 434 g/mol. The quantitative estimate of drug-likeness (QED) is 0.445. The van der Waals surface area contributed by atoms with E-state index in [1.807, 2.05) is 59.5 Å². The maximum atomic E-state index is 12.8. The van der Waals surface area contributed by atoms with Crippen molar-refractivity contribution >= 4 is 23.5 Å². The van der Waals surface area contributed by atoms with E-state index in [2.05, 4.69) is 24.3 Å². The van der Waals surface area contributed by atoms with Gasteiger partial charge in [-0.3, -0.25) is 9.59 Å². The number of carboxylic acid groups (broad SMARTS) is 1. The lowest BCUT2D eigenvalue weighted by Crippen LogP contribution is -2.38. The molecule has 1 atom stereocenters. The van der Waals surface area contributed by atoms with Gasteiger partial charge in [0.25, 0.3) is 0 Å². The van der Waals surface area contributed by atoms with Crippen LogP contribution in [0, 0.1) is 0 Å². The molecular formula is C28H28ClNO3. The average Bonchev–Trinajstić information content (AvgIpc) is 2.85. The average molecular weight is 462 g/mol. The van der Waals surface area contributed by atoms with Gasteiger partial charge in [0, 0.05) is 30.1 Å². The van der Waals surface area contributed by atoms with Crippen molar-refractivity contribution in [2.24, 2.45) is 0 Å². The molecule has 1 aliphatic heterocycles. The second-order valence-electron chi connectivity index (χ2n) is 8.60. The number of hydrogen-bond acceptors (Lipinski definition) is 2. The van der Waals surface area contributed by atoms with Gasteiger partial charge < -0.3 is 10.0 Å². The normalized spacial score (nSPS) is 15.2. The lowest BCUT2D eigenvalue weighted by atomic mass is 9.89. The zero-order valence-corrected chi connectivity index (χ0v) is 19.2. The first-order valence-electron chi connectivity index (χ1n) is 11.4. The number of carbonyl (C=O) groups is 2. The fraction of sp³-hybridized carbons (Fsp3) is 0.286. The minimum absolute atomic E-state index is 0.0421. The van der Waals surface area contributed by atoms with Crippen LogP contribution < -0.4 is 0 Å². The number of likely N-dealkylation sites (tertiary alicyclic amines) is 1. The minimum Gasteiger partial charge on any atom is -0.481 e. The van der Waals surface area contributed by atoms with E-state index in [1.165, 1.54) is 5.56 Å². The summed E-state index contributed by atoms with van der Waals surface area (Å²) in [5, 5.41) is 10.4. The zero-order valence-electron chi connectivity index (χ0n) is 18.5. The third-order valence-electron chi connectivity index (χ3n) is 6.56. The number of carbonyl (C=O) groups excluding carboxylic acids is 1. The zero-order chi connectivity index (χ0) is 23.2. The van der Waals surface area contributed by atoms with Gasteiger partial charge >= 0.3 is 5.97 Å². The standard InChI is InChI=1S/C28H28ClNO3/c29-26-9-5-4-8-24(26)22-10-12-23(13-11-22)25(28(32)33)14-15-27(31)30-18-16-21(17-19-30)20-6-2-1-3-7-20/h1-13,21,25H,14-19H2,(H,32,33). The molecule has 0 bridgehead atoms. The number of benzene rings is 3. The molecule has 5 heteroatoms. The molecule has 4 rings (SSSR count). The second-order valence-corrected chi connectivity index (χ2v) is 9.00. The summed E-state index contributed by atoms with van der Waals surface area (Å²) >= 11 is 6.28. The summed E-state index contributed by atoms with van der Waals surface area (Å²) in [6.45, 7) is 1.45. The largest absolute Gasteiger partial charge is 0.481 e. The smallest absolute Gasteiger partial charge is 0.310 e. The van der Waals surface area contributed by atoms with Gasteiger partial charge in [0.05, 0.1) is 5.92 Å². The minimum atomic E-state index is -0.906. The highest BCUT2D eigenvalue weighted by molar-refractivity contribution is 6.33. The van der Waals surface area contributed by atoms with Crippen LogP contribution in [0.5, 0.6) is 0 Å². The topological polar surface area (TPSA) is 57.6 Å². The summed E-state index contributed by atoms with van der Waals surface area (Å²) in [7, 11) is 0. The summed E-state index contributed by atoms with van der Waals surface area (Å²) in [6.07, 6.45) is 2.42. The highest BCUT2D eigenvalue weighted by atomic mass is 35.5. The number of aliphatic carboxylic acids is 1. The molecule has 1 N–H and O–H groups in total. The van der Waals surface area contributed by atoms with Crippen molar-refractivity contribution in [2.45, 2.75) is 37.5 Å². The van der Waals surface area contributed by atoms with Crippen molar-refractivity contribution in [1.29, 1.82) is 0 Å². The molecule has 0 spiro atoms. The lowest BCUT2D eigenvalue weighted by molar-refractivity contribution is -0.139. The third-order valence-corrected chi connectivity index (χ3v) is 6.89. The van der Waals surface area contributed by atoms with Crippen LogP contribution in [0.4, 0.5) is 0 Å². The van der Waals surface area contributed by atoms with Crippen LogP contribution in [0.15, 0.2) is 78.9 Å². The van der Waals surface area contributed by atoms with Crippen LogP contribution >= 0.6 is 11.6 Å². The number of halogens is 1. The summed E-state index contributed by atoms with van der Waals surface area (Å²) < 4.78 is 0. The van der Waals surface area contributed by atoms with E-state index in [0.717, 1.165) is 37.1 Å². The predicted octanol–water partition coefficient (Wildman–Crippen LogP) is 6.36. The number of nitrogens with zero attached hydrogens (tertiary/aromatic N) is 1. The first-order valence-corrected chi connectivity index (χ1v) is 11.8. The Kier molecular flexibility index (Phi) is 7.46. The molecule has 4 nitrogen and oxygen atoms in total. The highest BCUT2D eigenvalue weighted by Crippen LogP contribution is 2.31. The molecule has 3 aromatic rings. The van der Waals surface area contributed by atoms with Crippen molar-refractivity contribution in [2.75, 3.05) is 13.1 Å². The van der Waals surface area contributed by atoms with Crippen molar-refractivity contribution in [3.05, 3.63) is 95.0 Å². The van der Waals surface area contributed by atoms with Crippen LogP contribution in [0.25, 0.3) is 11.1 Å². The van der Waals surface area contributed by atoms with Gasteiger partial charge in [-0.2, -0.15) is 0 Å². The summed E-state index contributed by atoms with van der Waals surface area (Å²) in [4.78, 5) is 26.6. The van der Waals surface area contributed by atoms with Crippen LogP contribution in [0.3, 0.4) is 0 Å². The Bertz CT molecular complexity index is 1090. The van der Waals surface area contributed by atoms with E-state index in [4.69, 9.17) is 11.6 Å². The first kappa shape index (κ1) is 23.1. The van der Waals surface area contributed by atoms with Gasteiger partial charge in [-0.05, 0) is 47.9 Å². The van der Waals surface area contributed by atoms with E-state index in [-0.39, 0.29) is 18.7 Å².